The Balaban J connectivity index is 2.14. The van der Waals surface area contributed by atoms with Gasteiger partial charge in [-0.2, -0.15) is 0 Å². The number of hydrogen-bond acceptors (Lipinski definition) is 2. The monoisotopic (exact) mass is 282 g/mol. The second-order valence-electron chi connectivity index (χ2n) is 5.61. The van der Waals surface area contributed by atoms with Crippen LogP contribution in [-0.4, -0.2) is 14.2 Å². The third kappa shape index (κ3) is 2.90. The third-order valence-electron chi connectivity index (χ3n) is 4.31. The first kappa shape index (κ1) is 14.0. The van der Waals surface area contributed by atoms with Crippen molar-refractivity contribution in [1.82, 2.24) is 0 Å². The van der Waals surface area contributed by atoms with Gasteiger partial charge in [-0.3, -0.25) is 0 Å². The maximum atomic E-state index is 5.39. The minimum atomic E-state index is 0.947. The highest BCUT2D eigenvalue weighted by Crippen LogP contribution is 2.35. The van der Waals surface area contributed by atoms with E-state index in [2.05, 4.69) is 36.4 Å². The van der Waals surface area contributed by atoms with Gasteiger partial charge in [0.1, 0.15) is 11.5 Å². The minimum Gasteiger partial charge on any atom is -0.497 e. The van der Waals surface area contributed by atoms with Crippen molar-refractivity contribution in [2.24, 2.45) is 0 Å². The van der Waals surface area contributed by atoms with Crippen LogP contribution in [0.1, 0.15) is 30.4 Å². The maximum absolute atomic E-state index is 5.39. The van der Waals surface area contributed by atoms with Crippen LogP contribution < -0.4 is 9.47 Å². The van der Waals surface area contributed by atoms with Crippen molar-refractivity contribution in [2.45, 2.75) is 32.1 Å². The van der Waals surface area contributed by atoms with Gasteiger partial charge in [-0.15, -0.1) is 0 Å². The molecule has 2 heteroatoms. The molecule has 0 radical (unpaired) electrons. The molecule has 0 saturated carbocycles. The van der Waals surface area contributed by atoms with Crippen molar-refractivity contribution in [3.63, 3.8) is 0 Å². The summed E-state index contributed by atoms with van der Waals surface area (Å²) in [6.07, 6.45) is 6.00. The molecule has 0 heterocycles. The summed E-state index contributed by atoms with van der Waals surface area (Å²) in [4.78, 5) is 0. The molecule has 1 aliphatic rings. The zero-order chi connectivity index (χ0) is 14.7. The van der Waals surface area contributed by atoms with Crippen LogP contribution in [0, 0.1) is 0 Å². The van der Waals surface area contributed by atoms with Crippen LogP contribution in [0.2, 0.25) is 0 Å². The summed E-state index contributed by atoms with van der Waals surface area (Å²) in [6.45, 7) is 0. The molecule has 0 fully saturated rings. The number of hydrogen-bond donors (Lipinski definition) is 0. The lowest BCUT2D eigenvalue weighted by molar-refractivity contribution is 0.414. The number of aryl methyl sites for hydroxylation is 2. The third-order valence-corrected chi connectivity index (χ3v) is 4.31. The van der Waals surface area contributed by atoms with Gasteiger partial charge in [0.25, 0.3) is 0 Å². The Kier molecular flexibility index (Phi) is 4.14. The Morgan fingerprint density at radius 2 is 1.14 bits per heavy atom. The molecule has 3 rings (SSSR count). The summed E-state index contributed by atoms with van der Waals surface area (Å²) in [6, 6.07) is 12.9. The topological polar surface area (TPSA) is 18.5 Å². The molecule has 0 aliphatic heterocycles. The Morgan fingerprint density at radius 3 is 1.57 bits per heavy atom. The highest BCUT2D eigenvalue weighted by Gasteiger charge is 2.14. The number of methoxy groups -OCH3 is 2. The summed E-state index contributed by atoms with van der Waals surface area (Å²) in [5.74, 6) is 1.89. The van der Waals surface area contributed by atoms with Gasteiger partial charge >= 0.3 is 0 Å². The lowest BCUT2D eigenvalue weighted by Gasteiger charge is -2.14. The van der Waals surface area contributed by atoms with Gasteiger partial charge < -0.3 is 9.47 Å². The van der Waals surface area contributed by atoms with E-state index in [4.69, 9.17) is 9.47 Å². The molecular formula is C19H22O2. The molecule has 0 saturated heterocycles. The van der Waals surface area contributed by atoms with Gasteiger partial charge in [0.15, 0.2) is 0 Å². The fourth-order valence-electron chi connectivity index (χ4n) is 3.14. The zero-order valence-electron chi connectivity index (χ0n) is 12.8. The molecule has 2 nitrogen and oxygen atoms in total. The van der Waals surface area contributed by atoms with Crippen LogP contribution >= 0.6 is 0 Å². The highest BCUT2D eigenvalue weighted by atomic mass is 16.5. The summed E-state index contributed by atoms with van der Waals surface area (Å²) in [7, 11) is 3.46. The van der Waals surface area contributed by atoms with Gasteiger partial charge in [0.05, 0.1) is 14.2 Å². The second kappa shape index (κ2) is 6.21. The largest absolute Gasteiger partial charge is 0.497 e. The predicted octanol–water partition coefficient (Wildman–Crippen LogP) is 4.64. The van der Waals surface area contributed by atoms with Crippen LogP contribution in [0.25, 0.3) is 11.1 Å². The fraction of sp³-hybridized carbons (Fsp3) is 0.368. The Hall–Kier alpha value is -1.96. The molecule has 0 bridgehead atoms. The Morgan fingerprint density at radius 1 is 0.667 bits per heavy atom. The van der Waals surface area contributed by atoms with Gasteiger partial charge in [-0.1, -0.05) is 18.6 Å². The van der Waals surface area contributed by atoms with Crippen molar-refractivity contribution in [3.8, 4) is 22.6 Å². The fourth-order valence-corrected chi connectivity index (χ4v) is 3.14. The summed E-state index contributed by atoms with van der Waals surface area (Å²) in [5.41, 5.74) is 5.47. The van der Waals surface area contributed by atoms with Gasteiger partial charge in [0.2, 0.25) is 0 Å². The molecule has 0 aromatic heterocycles. The minimum absolute atomic E-state index is 0.947. The molecule has 2 aromatic rings. The lowest BCUT2D eigenvalue weighted by Crippen LogP contribution is -1.95. The van der Waals surface area contributed by atoms with Crippen LogP contribution in [0.3, 0.4) is 0 Å². The Labute approximate surface area is 126 Å². The summed E-state index contributed by atoms with van der Waals surface area (Å²) >= 11 is 0. The van der Waals surface area contributed by atoms with Gasteiger partial charge in [-0.25, -0.2) is 0 Å². The average molecular weight is 282 g/mol. The summed E-state index contributed by atoms with van der Waals surface area (Å²) < 4.78 is 10.8. The van der Waals surface area contributed by atoms with Crippen LogP contribution in [0.4, 0.5) is 0 Å². The average Bonchev–Trinajstić information content (AvgIpc) is 2.62. The van der Waals surface area contributed by atoms with Gasteiger partial charge in [0, 0.05) is 0 Å². The van der Waals surface area contributed by atoms with Crippen molar-refractivity contribution in [3.05, 3.63) is 47.5 Å². The van der Waals surface area contributed by atoms with Crippen molar-refractivity contribution >= 4 is 0 Å². The van der Waals surface area contributed by atoms with Crippen LogP contribution in [0.5, 0.6) is 11.5 Å². The predicted molar refractivity (Wildman–Crippen MR) is 86.2 cm³/mol. The maximum Gasteiger partial charge on any atom is 0.119 e. The van der Waals surface area contributed by atoms with E-state index in [1.165, 1.54) is 41.5 Å². The number of fused-ring (bicyclic) bond motifs is 3. The molecule has 110 valence electrons. The van der Waals surface area contributed by atoms with E-state index in [1.54, 1.807) is 14.2 Å². The van der Waals surface area contributed by atoms with Gasteiger partial charge in [-0.05, 0) is 72.2 Å². The van der Waals surface area contributed by atoms with Crippen molar-refractivity contribution in [2.75, 3.05) is 14.2 Å². The molecule has 0 atom stereocenters. The van der Waals surface area contributed by atoms with E-state index in [0.29, 0.717) is 0 Å². The standard InChI is InChI=1S/C19H22O2/c1-20-16-8-10-18-14(12-16)6-4-3-5-7-15-13-17(21-2)9-11-19(15)18/h8-13H,3-7H2,1-2H3. The zero-order valence-corrected chi connectivity index (χ0v) is 12.8. The molecule has 0 unspecified atom stereocenters. The second-order valence-corrected chi connectivity index (χ2v) is 5.61. The lowest BCUT2D eigenvalue weighted by atomic mass is 9.93. The van der Waals surface area contributed by atoms with E-state index in [-0.39, 0.29) is 0 Å². The number of rotatable bonds is 2. The van der Waals surface area contributed by atoms with E-state index >= 15 is 0 Å². The molecule has 1 aliphatic carbocycles. The van der Waals surface area contributed by atoms with E-state index in [1.807, 2.05) is 0 Å². The van der Waals surface area contributed by atoms with Crippen LogP contribution in [-0.2, 0) is 12.8 Å². The van der Waals surface area contributed by atoms with E-state index < -0.39 is 0 Å². The molecule has 21 heavy (non-hydrogen) atoms. The van der Waals surface area contributed by atoms with Crippen molar-refractivity contribution in [1.29, 1.82) is 0 Å². The van der Waals surface area contributed by atoms with Crippen LogP contribution in [0.15, 0.2) is 36.4 Å². The molecule has 0 amide bonds. The van der Waals surface area contributed by atoms with Crippen molar-refractivity contribution < 1.29 is 9.47 Å². The smallest absolute Gasteiger partial charge is 0.119 e. The number of ether oxygens (including phenoxy) is 2. The van der Waals surface area contributed by atoms with E-state index in [0.717, 1.165) is 24.3 Å². The SMILES string of the molecule is COc1ccc2c(c1)CCCCCc1cc(OC)ccc1-2. The molecule has 2 aromatic carbocycles. The first-order valence-electron chi connectivity index (χ1n) is 7.66. The molecular weight excluding hydrogens is 260 g/mol. The summed E-state index contributed by atoms with van der Waals surface area (Å²) in [5, 5.41) is 0. The normalized spacial score (nSPS) is 14.2. The quantitative estimate of drug-likeness (QED) is 0.799. The molecule has 0 N–H and O–H groups in total. The first-order valence-corrected chi connectivity index (χ1v) is 7.66. The Bertz CT molecular complexity index is 576. The van der Waals surface area contributed by atoms with E-state index in [9.17, 15) is 0 Å². The molecule has 0 spiro atoms. The highest BCUT2D eigenvalue weighted by molar-refractivity contribution is 5.72. The number of benzene rings is 2. The first-order chi connectivity index (χ1) is 10.3.